The zero-order valence-corrected chi connectivity index (χ0v) is 33.2. The molecular formula is C41H40F6N10O5. The molecule has 21 heteroatoms. The Hall–Kier alpha value is -6.00. The van der Waals surface area contributed by atoms with Crippen LogP contribution in [0.1, 0.15) is 32.1 Å². The van der Waals surface area contributed by atoms with E-state index < -0.39 is 35.3 Å². The van der Waals surface area contributed by atoms with Crippen molar-refractivity contribution in [3.05, 3.63) is 108 Å². The van der Waals surface area contributed by atoms with Crippen LogP contribution in [0.4, 0.5) is 26.3 Å². The standard InChI is InChI=1S/C41H40F6N10O5/c1-54-19-30(52-38(58)28-13-32-24(15-48-28)7-9-56(32)36-5-3-26(17-50-36)40(42,43)44)35(21-54)62-23-61-12-11-55-20-31(34(22-55)60-2)53-39(59)29-14-33-25(16-49-29)8-10-57(33)37-6-4-27(18-51-37)41(45,46)47/h3-10,13-18,30-31,34-35H,11-12,19-23H2,1-2H3,(H,52,58)(H,53,59)/t30-,31-,34-,35-/m1/s1. The van der Waals surface area contributed by atoms with Crippen LogP contribution >= 0.6 is 0 Å². The summed E-state index contributed by atoms with van der Waals surface area (Å²) < 4.78 is 99.2. The minimum absolute atomic E-state index is 0.0394. The van der Waals surface area contributed by atoms with E-state index in [1.807, 2.05) is 11.9 Å². The number of ether oxygens (including phenoxy) is 3. The molecule has 62 heavy (non-hydrogen) atoms. The number of methoxy groups -OCH3 is 1. The molecule has 2 amide bonds. The number of pyridine rings is 4. The number of likely N-dealkylation sites (N-methyl/N-ethyl adjacent to an activating group) is 1. The van der Waals surface area contributed by atoms with Gasteiger partial charge in [0.1, 0.15) is 29.8 Å². The molecule has 2 aliphatic heterocycles. The monoisotopic (exact) mass is 866 g/mol. The third-order valence-electron chi connectivity index (χ3n) is 10.9. The van der Waals surface area contributed by atoms with E-state index in [0.717, 1.165) is 24.5 Å². The van der Waals surface area contributed by atoms with Crippen LogP contribution in [0, 0.1) is 0 Å². The lowest BCUT2D eigenvalue weighted by atomic mass is 10.2. The number of carbonyl (C=O) groups is 2. The van der Waals surface area contributed by atoms with Gasteiger partial charge in [0.05, 0.1) is 53.1 Å². The van der Waals surface area contributed by atoms with E-state index in [0.29, 0.717) is 61.1 Å². The Morgan fingerprint density at radius 3 is 1.71 bits per heavy atom. The minimum atomic E-state index is -4.52. The van der Waals surface area contributed by atoms with E-state index in [1.165, 1.54) is 24.5 Å². The number of hydrogen-bond acceptors (Lipinski definition) is 11. The van der Waals surface area contributed by atoms with Crippen LogP contribution in [0.15, 0.2) is 85.7 Å². The molecule has 2 N–H and O–H groups in total. The van der Waals surface area contributed by atoms with Gasteiger partial charge >= 0.3 is 12.4 Å². The number of likely N-dealkylation sites (tertiary alicyclic amines) is 2. The fraction of sp³-hybridized carbons (Fsp3) is 0.366. The Labute approximate surface area is 349 Å². The van der Waals surface area contributed by atoms with Gasteiger partial charge in [0.25, 0.3) is 11.8 Å². The van der Waals surface area contributed by atoms with Gasteiger partial charge in [-0.05, 0) is 55.6 Å². The largest absolute Gasteiger partial charge is 0.417 e. The number of nitrogens with one attached hydrogen (secondary N) is 2. The van der Waals surface area contributed by atoms with Crippen molar-refractivity contribution in [1.29, 1.82) is 0 Å². The first-order chi connectivity index (χ1) is 29.6. The molecule has 4 atom stereocenters. The molecule has 15 nitrogen and oxygen atoms in total. The predicted octanol–water partition coefficient (Wildman–Crippen LogP) is 4.72. The molecule has 0 spiro atoms. The van der Waals surface area contributed by atoms with Gasteiger partial charge in [-0.15, -0.1) is 0 Å². The summed E-state index contributed by atoms with van der Waals surface area (Å²) in [6, 6.07) is 10.2. The van der Waals surface area contributed by atoms with E-state index >= 15 is 0 Å². The lowest BCUT2D eigenvalue weighted by molar-refractivity contribution is -0.138. The normalized spacial score (nSPS) is 20.1. The van der Waals surface area contributed by atoms with E-state index in [9.17, 15) is 35.9 Å². The fourth-order valence-corrected chi connectivity index (χ4v) is 7.65. The first-order valence-corrected chi connectivity index (χ1v) is 19.4. The average molecular weight is 867 g/mol. The number of alkyl halides is 6. The molecule has 0 aliphatic carbocycles. The van der Waals surface area contributed by atoms with Gasteiger partial charge in [-0.2, -0.15) is 26.3 Å². The van der Waals surface area contributed by atoms with Gasteiger partial charge in [0, 0.05) is 87.8 Å². The van der Waals surface area contributed by atoms with Crippen LogP contribution in [0.3, 0.4) is 0 Å². The molecule has 6 aromatic heterocycles. The average Bonchev–Trinajstić information content (AvgIpc) is 4.04. The van der Waals surface area contributed by atoms with Gasteiger partial charge in [0.15, 0.2) is 0 Å². The van der Waals surface area contributed by atoms with Crippen LogP contribution in [0.2, 0.25) is 0 Å². The fourth-order valence-electron chi connectivity index (χ4n) is 7.65. The smallest absolute Gasteiger partial charge is 0.378 e. The predicted molar refractivity (Wildman–Crippen MR) is 211 cm³/mol. The van der Waals surface area contributed by atoms with E-state index in [1.54, 1.807) is 52.9 Å². The number of halogens is 6. The van der Waals surface area contributed by atoms with Crippen LogP contribution in [0.25, 0.3) is 33.4 Å². The van der Waals surface area contributed by atoms with Crippen LogP contribution < -0.4 is 10.6 Å². The summed E-state index contributed by atoms with van der Waals surface area (Å²) in [5, 5.41) is 7.34. The maximum absolute atomic E-state index is 13.4. The number of hydrogen-bond donors (Lipinski definition) is 2. The molecular weight excluding hydrogens is 827 g/mol. The second-order valence-corrected chi connectivity index (χ2v) is 15.1. The molecule has 6 aromatic rings. The summed E-state index contributed by atoms with van der Waals surface area (Å²) in [4.78, 5) is 47.4. The molecule has 8 rings (SSSR count). The third-order valence-corrected chi connectivity index (χ3v) is 10.9. The van der Waals surface area contributed by atoms with Crippen molar-refractivity contribution in [3.8, 4) is 11.6 Å². The molecule has 0 bridgehead atoms. The lowest BCUT2D eigenvalue weighted by Crippen LogP contribution is -2.44. The number of aromatic nitrogens is 6. The third kappa shape index (κ3) is 9.26. The van der Waals surface area contributed by atoms with Crippen molar-refractivity contribution in [1.82, 2.24) is 49.5 Å². The highest BCUT2D eigenvalue weighted by atomic mass is 19.4. The second-order valence-electron chi connectivity index (χ2n) is 15.1. The van der Waals surface area contributed by atoms with Crippen LogP contribution in [0.5, 0.6) is 0 Å². The molecule has 0 radical (unpaired) electrons. The molecule has 2 aliphatic rings. The Bertz CT molecular complexity index is 2550. The Kier molecular flexibility index (Phi) is 12.0. The van der Waals surface area contributed by atoms with Gasteiger partial charge in [0.2, 0.25) is 0 Å². The summed E-state index contributed by atoms with van der Waals surface area (Å²) >= 11 is 0. The van der Waals surface area contributed by atoms with Crippen molar-refractivity contribution < 1.29 is 50.1 Å². The summed E-state index contributed by atoms with van der Waals surface area (Å²) in [6.07, 6.45) is -1.89. The van der Waals surface area contributed by atoms with Gasteiger partial charge < -0.3 is 38.9 Å². The maximum Gasteiger partial charge on any atom is 0.417 e. The Morgan fingerprint density at radius 1 is 0.694 bits per heavy atom. The first kappa shape index (κ1) is 42.7. The van der Waals surface area contributed by atoms with Gasteiger partial charge in [-0.3, -0.25) is 24.5 Å². The first-order valence-electron chi connectivity index (χ1n) is 19.4. The molecule has 326 valence electrons. The maximum atomic E-state index is 13.4. The lowest BCUT2D eigenvalue weighted by Gasteiger charge is -2.21. The van der Waals surface area contributed by atoms with E-state index in [4.69, 9.17) is 14.2 Å². The summed E-state index contributed by atoms with van der Waals surface area (Å²) in [5.41, 5.74) is -0.404. The highest BCUT2D eigenvalue weighted by Crippen LogP contribution is 2.31. The number of amides is 2. The number of fused-ring (bicyclic) bond motifs is 2. The van der Waals surface area contributed by atoms with Crippen LogP contribution in [-0.4, -0.2) is 135 Å². The van der Waals surface area contributed by atoms with E-state index in [-0.39, 0.29) is 54.1 Å². The SMILES string of the molecule is CO[C@@H]1CN(CCOCO[C@@H]2CN(C)C[C@H]2NC(=O)c2cc3c(ccn3-c3ccc(C(F)(F)F)cn3)cn2)C[C@H]1NC(=O)c1cc2c(ccn2-c2ccc(C(F)(F)F)cn2)cn1. The van der Waals surface area contributed by atoms with Crippen molar-refractivity contribution >= 4 is 33.6 Å². The summed E-state index contributed by atoms with van der Waals surface area (Å²) in [7, 11) is 3.46. The zero-order chi connectivity index (χ0) is 43.8. The number of nitrogens with zero attached hydrogens (tertiary/aromatic N) is 8. The number of rotatable bonds is 13. The number of carbonyl (C=O) groups excluding carboxylic acids is 2. The highest BCUT2D eigenvalue weighted by molar-refractivity contribution is 5.97. The second kappa shape index (κ2) is 17.4. The Morgan fingerprint density at radius 2 is 1.23 bits per heavy atom. The van der Waals surface area contributed by atoms with Crippen LogP contribution in [-0.2, 0) is 26.6 Å². The Balaban J connectivity index is 0.814. The van der Waals surface area contributed by atoms with E-state index in [2.05, 4.69) is 35.5 Å². The van der Waals surface area contributed by atoms with Crippen molar-refractivity contribution in [2.75, 3.05) is 60.3 Å². The summed E-state index contributed by atoms with van der Waals surface area (Å²) in [5.74, 6) is -0.380. The molecule has 0 aromatic carbocycles. The zero-order valence-electron chi connectivity index (χ0n) is 33.2. The van der Waals surface area contributed by atoms with Gasteiger partial charge in [-0.25, -0.2) is 9.97 Å². The van der Waals surface area contributed by atoms with Gasteiger partial charge in [-0.1, -0.05) is 0 Å². The molecule has 0 saturated carbocycles. The molecule has 8 heterocycles. The molecule has 2 fully saturated rings. The van der Waals surface area contributed by atoms with Crippen molar-refractivity contribution in [3.63, 3.8) is 0 Å². The van der Waals surface area contributed by atoms with Crippen molar-refractivity contribution in [2.45, 2.75) is 36.6 Å². The quantitative estimate of drug-likeness (QED) is 0.0942. The molecule has 2 saturated heterocycles. The summed E-state index contributed by atoms with van der Waals surface area (Å²) in [6.45, 7) is 2.81. The highest BCUT2D eigenvalue weighted by Gasteiger charge is 2.36. The van der Waals surface area contributed by atoms with Crippen molar-refractivity contribution in [2.24, 2.45) is 0 Å². The molecule has 0 unspecified atom stereocenters. The minimum Gasteiger partial charge on any atom is -0.378 e. The topological polar surface area (TPSA) is 154 Å².